The predicted molar refractivity (Wildman–Crippen MR) is 75.9 cm³/mol. The third kappa shape index (κ3) is 5.80. The second kappa shape index (κ2) is 8.63. The molecule has 0 bridgehead atoms. The van der Waals surface area contributed by atoms with Gasteiger partial charge in [-0.05, 0) is 12.5 Å². The van der Waals surface area contributed by atoms with E-state index in [4.69, 9.17) is 14.9 Å². The van der Waals surface area contributed by atoms with E-state index in [0.717, 1.165) is 5.56 Å². The van der Waals surface area contributed by atoms with Crippen molar-refractivity contribution in [2.75, 3.05) is 6.61 Å². The molecular weight excluding hydrogens is 292 g/mol. The number of carbonyl (C=O) groups is 3. The first-order chi connectivity index (χ1) is 10.4. The van der Waals surface area contributed by atoms with E-state index in [1.807, 2.05) is 6.07 Å². The number of benzene rings is 1. The number of ether oxygens (including phenoxy) is 1. The lowest BCUT2D eigenvalue weighted by Crippen LogP contribution is -2.51. The number of carboxylic acids is 1. The van der Waals surface area contributed by atoms with Crippen molar-refractivity contribution in [3.8, 4) is 0 Å². The molecule has 0 spiro atoms. The van der Waals surface area contributed by atoms with Gasteiger partial charge in [0.1, 0.15) is 18.7 Å². The normalized spacial score (nSPS) is 12.8. The Bertz CT molecular complexity index is 519. The monoisotopic (exact) mass is 310 g/mol. The van der Waals surface area contributed by atoms with Gasteiger partial charge in [-0.3, -0.25) is 4.79 Å². The van der Waals surface area contributed by atoms with Crippen LogP contribution in [0, 0.1) is 0 Å². The first kappa shape index (κ1) is 17.4. The minimum Gasteiger partial charge on any atom is -0.480 e. The highest BCUT2D eigenvalue weighted by Gasteiger charge is 2.23. The lowest BCUT2D eigenvalue weighted by molar-refractivity contribution is -0.143. The number of hydrogen-bond acceptors (Lipinski definition) is 5. The van der Waals surface area contributed by atoms with Gasteiger partial charge >= 0.3 is 12.1 Å². The van der Waals surface area contributed by atoms with Crippen molar-refractivity contribution in [3.63, 3.8) is 0 Å². The van der Waals surface area contributed by atoms with Crippen molar-refractivity contribution in [3.05, 3.63) is 35.9 Å². The number of carbonyl (C=O) groups excluding carboxylic acids is 2. The lowest BCUT2D eigenvalue weighted by atomic mass is 10.2. The van der Waals surface area contributed by atoms with Crippen LogP contribution in [0.3, 0.4) is 0 Å². The molecule has 0 aliphatic carbocycles. The van der Waals surface area contributed by atoms with Crippen LogP contribution in [0.2, 0.25) is 0 Å². The van der Waals surface area contributed by atoms with Crippen molar-refractivity contribution in [2.24, 2.45) is 0 Å². The molecule has 0 aliphatic heterocycles. The zero-order valence-corrected chi connectivity index (χ0v) is 12.0. The molecule has 4 N–H and O–H groups in total. The van der Waals surface area contributed by atoms with Crippen LogP contribution in [0.1, 0.15) is 12.5 Å². The molecule has 22 heavy (non-hydrogen) atoms. The second-order valence-corrected chi connectivity index (χ2v) is 4.51. The Balaban J connectivity index is 2.39. The van der Waals surface area contributed by atoms with Crippen molar-refractivity contribution in [1.82, 2.24) is 10.6 Å². The molecule has 2 atom stereocenters. The third-order valence-electron chi connectivity index (χ3n) is 2.74. The minimum atomic E-state index is -1.42. The molecular formula is C14H18N2O6. The molecule has 1 aromatic rings. The van der Waals surface area contributed by atoms with Gasteiger partial charge in [-0.25, -0.2) is 9.59 Å². The molecule has 8 heteroatoms. The van der Waals surface area contributed by atoms with Crippen LogP contribution in [-0.2, 0) is 20.9 Å². The molecule has 0 saturated heterocycles. The fourth-order valence-electron chi connectivity index (χ4n) is 1.49. The van der Waals surface area contributed by atoms with Crippen molar-refractivity contribution in [1.29, 1.82) is 0 Å². The molecule has 120 valence electrons. The minimum absolute atomic E-state index is 0.0510. The van der Waals surface area contributed by atoms with Gasteiger partial charge in [0.2, 0.25) is 5.91 Å². The summed E-state index contributed by atoms with van der Waals surface area (Å²) in [6, 6.07) is 6.57. The van der Waals surface area contributed by atoms with Crippen LogP contribution in [-0.4, -0.2) is 46.9 Å². The molecule has 0 fully saturated rings. The van der Waals surface area contributed by atoms with Gasteiger partial charge in [0, 0.05) is 0 Å². The van der Waals surface area contributed by atoms with Crippen molar-refractivity contribution >= 4 is 18.0 Å². The number of nitrogens with one attached hydrogen (secondary N) is 2. The first-order valence-electron chi connectivity index (χ1n) is 6.55. The predicted octanol–water partition coefficient (Wildman–Crippen LogP) is -0.137. The van der Waals surface area contributed by atoms with Crippen LogP contribution in [0.25, 0.3) is 0 Å². The number of hydrogen-bond donors (Lipinski definition) is 4. The van der Waals surface area contributed by atoms with Crippen LogP contribution in [0.15, 0.2) is 30.3 Å². The SMILES string of the molecule is C[C@@H](NC(=O)OCc1ccccc1)C(=O)N[C@H](CO)C(=O)O. The number of aliphatic carboxylic acids is 1. The molecule has 2 amide bonds. The maximum absolute atomic E-state index is 11.7. The molecule has 8 nitrogen and oxygen atoms in total. The largest absolute Gasteiger partial charge is 0.480 e. The number of alkyl carbamates (subject to hydrolysis) is 1. The van der Waals surface area contributed by atoms with Gasteiger partial charge in [-0.1, -0.05) is 30.3 Å². The van der Waals surface area contributed by atoms with E-state index in [1.54, 1.807) is 24.3 Å². The fourth-order valence-corrected chi connectivity index (χ4v) is 1.49. The zero-order chi connectivity index (χ0) is 16.5. The van der Waals surface area contributed by atoms with Crippen LogP contribution < -0.4 is 10.6 Å². The first-order valence-corrected chi connectivity index (χ1v) is 6.55. The van der Waals surface area contributed by atoms with Gasteiger partial charge in [0.05, 0.1) is 6.61 Å². The Labute approximate surface area is 127 Å². The summed E-state index contributed by atoms with van der Waals surface area (Å²) in [5, 5.41) is 21.9. The Morgan fingerprint density at radius 2 is 1.82 bits per heavy atom. The third-order valence-corrected chi connectivity index (χ3v) is 2.74. The fraction of sp³-hybridized carbons (Fsp3) is 0.357. The van der Waals surface area contributed by atoms with Crippen LogP contribution in [0.5, 0.6) is 0 Å². The van der Waals surface area contributed by atoms with E-state index in [-0.39, 0.29) is 6.61 Å². The van der Waals surface area contributed by atoms with Gasteiger partial charge < -0.3 is 25.6 Å². The second-order valence-electron chi connectivity index (χ2n) is 4.51. The highest BCUT2D eigenvalue weighted by Crippen LogP contribution is 2.00. The molecule has 0 saturated carbocycles. The molecule has 1 rings (SSSR count). The van der Waals surface area contributed by atoms with Gasteiger partial charge in [0.25, 0.3) is 0 Å². The number of aliphatic hydroxyl groups is 1. The summed E-state index contributed by atoms with van der Waals surface area (Å²) in [5.74, 6) is -2.10. The van der Waals surface area contributed by atoms with Gasteiger partial charge in [-0.2, -0.15) is 0 Å². The Hall–Kier alpha value is -2.61. The summed E-state index contributed by atoms with van der Waals surface area (Å²) >= 11 is 0. The van der Waals surface area contributed by atoms with E-state index in [1.165, 1.54) is 6.92 Å². The molecule has 0 aromatic heterocycles. The van der Waals surface area contributed by atoms with Gasteiger partial charge in [-0.15, -0.1) is 0 Å². The molecule has 1 aromatic carbocycles. The summed E-state index contributed by atoms with van der Waals surface area (Å²) in [5.41, 5.74) is 0.793. The topological polar surface area (TPSA) is 125 Å². The average molecular weight is 310 g/mol. The number of amides is 2. The molecule has 0 heterocycles. The van der Waals surface area contributed by atoms with E-state index < -0.39 is 36.7 Å². The standard InChI is InChI=1S/C14H18N2O6/c1-9(12(18)16-11(7-17)13(19)20)15-14(21)22-8-10-5-3-2-4-6-10/h2-6,9,11,17H,7-8H2,1H3,(H,15,21)(H,16,18)(H,19,20)/t9-,11-/m1/s1. The number of aliphatic hydroxyl groups excluding tert-OH is 1. The molecule has 0 radical (unpaired) electrons. The highest BCUT2D eigenvalue weighted by molar-refractivity contribution is 5.88. The quantitative estimate of drug-likeness (QED) is 0.555. The summed E-state index contributed by atoms with van der Waals surface area (Å²) in [6.07, 6.45) is -0.803. The lowest BCUT2D eigenvalue weighted by Gasteiger charge is -2.17. The van der Waals surface area contributed by atoms with E-state index in [9.17, 15) is 14.4 Å². The van der Waals surface area contributed by atoms with Crippen LogP contribution >= 0.6 is 0 Å². The van der Waals surface area contributed by atoms with E-state index in [0.29, 0.717) is 0 Å². The molecule has 0 aliphatic rings. The van der Waals surface area contributed by atoms with Crippen molar-refractivity contribution in [2.45, 2.75) is 25.6 Å². The Morgan fingerprint density at radius 1 is 1.18 bits per heavy atom. The van der Waals surface area contributed by atoms with E-state index >= 15 is 0 Å². The van der Waals surface area contributed by atoms with Crippen LogP contribution in [0.4, 0.5) is 4.79 Å². The summed E-state index contributed by atoms with van der Waals surface area (Å²) in [6.45, 7) is 0.678. The maximum atomic E-state index is 11.7. The number of carboxylic acid groups (broad SMARTS) is 1. The smallest absolute Gasteiger partial charge is 0.408 e. The summed E-state index contributed by atoms with van der Waals surface area (Å²) in [4.78, 5) is 33.9. The van der Waals surface area contributed by atoms with Crippen molar-refractivity contribution < 1.29 is 29.3 Å². The average Bonchev–Trinajstić information content (AvgIpc) is 2.50. The summed E-state index contributed by atoms with van der Waals surface area (Å²) < 4.78 is 4.93. The molecule has 0 unspecified atom stereocenters. The zero-order valence-electron chi connectivity index (χ0n) is 12.0. The van der Waals surface area contributed by atoms with Gasteiger partial charge in [0.15, 0.2) is 0 Å². The maximum Gasteiger partial charge on any atom is 0.408 e. The Morgan fingerprint density at radius 3 is 2.36 bits per heavy atom. The summed E-state index contributed by atoms with van der Waals surface area (Å²) in [7, 11) is 0. The number of rotatable bonds is 7. The Kier molecular flexibility index (Phi) is 6.84. The highest BCUT2D eigenvalue weighted by atomic mass is 16.5. The van der Waals surface area contributed by atoms with E-state index in [2.05, 4.69) is 10.6 Å².